The highest BCUT2D eigenvalue weighted by Crippen LogP contribution is 2.17. The second kappa shape index (κ2) is 7.33. The number of nitro benzene ring substituents is 1. The molecule has 0 bridgehead atoms. The van der Waals surface area contributed by atoms with Gasteiger partial charge in [-0.05, 0) is 11.6 Å². The van der Waals surface area contributed by atoms with Crippen LogP contribution in [0.1, 0.15) is 15.9 Å². The molecule has 0 fully saturated rings. The van der Waals surface area contributed by atoms with Crippen LogP contribution < -0.4 is 5.32 Å². The van der Waals surface area contributed by atoms with Crippen LogP contribution in [0.3, 0.4) is 0 Å². The van der Waals surface area contributed by atoms with Gasteiger partial charge < -0.3 is 10.4 Å². The maximum atomic E-state index is 12.0. The number of para-hydroxylation sites is 1. The van der Waals surface area contributed by atoms with Crippen LogP contribution in [0.2, 0.25) is 0 Å². The zero-order chi connectivity index (χ0) is 15.9. The summed E-state index contributed by atoms with van der Waals surface area (Å²) in [4.78, 5) is 22.3. The molecule has 0 radical (unpaired) electrons. The molecule has 6 nitrogen and oxygen atoms in total. The summed E-state index contributed by atoms with van der Waals surface area (Å²) in [6.07, 6.45) is -0.355. The van der Waals surface area contributed by atoms with Crippen molar-refractivity contribution in [2.75, 3.05) is 6.54 Å². The molecule has 2 aromatic carbocycles. The molecule has 0 aliphatic rings. The van der Waals surface area contributed by atoms with E-state index >= 15 is 0 Å². The van der Waals surface area contributed by atoms with Gasteiger partial charge in [0.1, 0.15) is 5.56 Å². The van der Waals surface area contributed by atoms with Gasteiger partial charge in [0.15, 0.2) is 0 Å². The van der Waals surface area contributed by atoms with Crippen molar-refractivity contribution in [3.63, 3.8) is 0 Å². The van der Waals surface area contributed by atoms with E-state index in [1.54, 1.807) is 6.07 Å². The van der Waals surface area contributed by atoms with Crippen molar-refractivity contribution in [3.8, 4) is 0 Å². The number of rotatable bonds is 6. The molecule has 2 rings (SSSR count). The molecular formula is C16H16N2O4. The van der Waals surface area contributed by atoms with E-state index in [1.807, 2.05) is 30.3 Å². The number of hydrogen-bond acceptors (Lipinski definition) is 4. The van der Waals surface area contributed by atoms with Gasteiger partial charge in [-0.3, -0.25) is 14.9 Å². The Bertz CT molecular complexity index is 658. The van der Waals surface area contributed by atoms with Crippen LogP contribution >= 0.6 is 0 Å². The molecule has 1 amide bonds. The average molecular weight is 300 g/mol. The number of carbonyl (C=O) groups is 1. The first-order valence-electron chi connectivity index (χ1n) is 6.81. The normalized spacial score (nSPS) is 11.7. The summed E-state index contributed by atoms with van der Waals surface area (Å²) in [7, 11) is 0. The summed E-state index contributed by atoms with van der Waals surface area (Å²) < 4.78 is 0. The van der Waals surface area contributed by atoms with Crippen molar-refractivity contribution in [1.82, 2.24) is 5.32 Å². The number of amides is 1. The third-order valence-electron chi connectivity index (χ3n) is 3.16. The molecule has 22 heavy (non-hydrogen) atoms. The molecular weight excluding hydrogens is 284 g/mol. The lowest BCUT2D eigenvalue weighted by molar-refractivity contribution is -0.385. The van der Waals surface area contributed by atoms with E-state index in [0.29, 0.717) is 6.42 Å². The highest BCUT2D eigenvalue weighted by Gasteiger charge is 2.19. The largest absolute Gasteiger partial charge is 0.391 e. The number of aliphatic hydroxyl groups excluding tert-OH is 1. The Labute approximate surface area is 127 Å². The third kappa shape index (κ3) is 4.13. The summed E-state index contributed by atoms with van der Waals surface area (Å²) in [5, 5.41) is 23.3. The lowest BCUT2D eigenvalue weighted by Gasteiger charge is -2.12. The molecule has 114 valence electrons. The smallest absolute Gasteiger partial charge is 0.282 e. The number of benzene rings is 2. The molecule has 0 heterocycles. The van der Waals surface area contributed by atoms with Crippen LogP contribution in [-0.2, 0) is 6.42 Å². The Morgan fingerprint density at radius 3 is 2.45 bits per heavy atom. The number of nitrogens with one attached hydrogen (secondary N) is 1. The Kier molecular flexibility index (Phi) is 5.21. The Hall–Kier alpha value is -2.73. The number of aliphatic hydroxyl groups is 1. The van der Waals surface area contributed by atoms with E-state index in [0.717, 1.165) is 5.56 Å². The predicted octanol–water partition coefficient (Wildman–Crippen LogP) is 1.93. The lowest BCUT2D eigenvalue weighted by Crippen LogP contribution is -2.33. The van der Waals surface area contributed by atoms with Gasteiger partial charge in [0.25, 0.3) is 11.6 Å². The summed E-state index contributed by atoms with van der Waals surface area (Å²) in [6, 6.07) is 15.1. The average Bonchev–Trinajstić information content (AvgIpc) is 2.53. The van der Waals surface area contributed by atoms with Crippen molar-refractivity contribution in [3.05, 3.63) is 75.8 Å². The topological polar surface area (TPSA) is 92.5 Å². The highest BCUT2D eigenvalue weighted by atomic mass is 16.6. The van der Waals surface area contributed by atoms with Crippen LogP contribution in [-0.4, -0.2) is 28.6 Å². The second-order valence-corrected chi connectivity index (χ2v) is 4.83. The number of nitro groups is 1. The van der Waals surface area contributed by atoms with E-state index in [2.05, 4.69) is 5.32 Å². The van der Waals surface area contributed by atoms with Gasteiger partial charge in [-0.15, -0.1) is 0 Å². The predicted molar refractivity (Wildman–Crippen MR) is 81.6 cm³/mol. The van der Waals surface area contributed by atoms with Crippen molar-refractivity contribution in [1.29, 1.82) is 0 Å². The fourth-order valence-electron chi connectivity index (χ4n) is 2.09. The van der Waals surface area contributed by atoms with Crippen molar-refractivity contribution in [2.45, 2.75) is 12.5 Å². The van der Waals surface area contributed by atoms with Gasteiger partial charge >= 0.3 is 0 Å². The van der Waals surface area contributed by atoms with E-state index in [4.69, 9.17) is 0 Å². The molecule has 0 aliphatic carbocycles. The molecule has 0 saturated carbocycles. The molecule has 0 spiro atoms. The zero-order valence-electron chi connectivity index (χ0n) is 11.8. The summed E-state index contributed by atoms with van der Waals surface area (Å²) in [5.74, 6) is -0.570. The Morgan fingerprint density at radius 1 is 1.14 bits per heavy atom. The van der Waals surface area contributed by atoms with Crippen LogP contribution in [0.25, 0.3) is 0 Å². The minimum absolute atomic E-state index is 0.0144. The Balaban J connectivity index is 1.94. The van der Waals surface area contributed by atoms with E-state index in [9.17, 15) is 20.0 Å². The van der Waals surface area contributed by atoms with Crippen LogP contribution in [0.5, 0.6) is 0 Å². The maximum absolute atomic E-state index is 12.0. The number of hydrogen-bond donors (Lipinski definition) is 2. The van der Waals surface area contributed by atoms with Crippen LogP contribution in [0.4, 0.5) is 5.69 Å². The minimum atomic E-state index is -0.755. The fourth-order valence-corrected chi connectivity index (χ4v) is 2.09. The first-order valence-corrected chi connectivity index (χ1v) is 6.81. The number of nitrogens with zero attached hydrogens (tertiary/aromatic N) is 1. The van der Waals surface area contributed by atoms with E-state index in [-0.39, 0.29) is 17.8 Å². The standard InChI is InChI=1S/C16H16N2O4/c19-13(10-12-6-2-1-3-7-12)11-17-16(20)14-8-4-5-9-15(14)18(21)22/h1-9,13,19H,10-11H2,(H,17,20). The molecule has 0 aliphatic heterocycles. The zero-order valence-corrected chi connectivity index (χ0v) is 11.8. The van der Waals surface area contributed by atoms with Gasteiger partial charge in [-0.2, -0.15) is 0 Å². The van der Waals surface area contributed by atoms with E-state index in [1.165, 1.54) is 18.2 Å². The fraction of sp³-hybridized carbons (Fsp3) is 0.188. The van der Waals surface area contributed by atoms with Crippen molar-refractivity contribution >= 4 is 11.6 Å². The quantitative estimate of drug-likeness (QED) is 0.629. The summed E-state index contributed by atoms with van der Waals surface area (Å²) in [6.45, 7) is 0.0276. The lowest BCUT2D eigenvalue weighted by atomic mass is 10.1. The second-order valence-electron chi connectivity index (χ2n) is 4.83. The van der Waals surface area contributed by atoms with Gasteiger partial charge in [0, 0.05) is 19.0 Å². The van der Waals surface area contributed by atoms with Crippen LogP contribution in [0, 0.1) is 10.1 Å². The van der Waals surface area contributed by atoms with Gasteiger partial charge in [0.05, 0.1) is 11.0 Å². The summed E-state index contributed by atoms with van der Waals surface area (Å²) in [5.41, 5.74) is 0.687. The molecule has 2 N–H and O–H groups in total. The first kappa shape index (κ1) is 15.7. The maximum Gasteiger partial charge on any atom is 0.282 e. The van der Waals surface area contributed by atoms with Crippen LogP contribution in [0.15, 0.2) is 54.6 Å². The summed E-state index contributed by atoms with van der Waals surface area (Å²) >= 11 is 0. The van der Waals surface area contributed by atoms with Gasteiger partial charge in [-0.1, -0.05) is 42.5 Å². The van der Waals surface area contributed by atoms with Crippen molar-refractivity contribution in [2.24, 2.45) is 0 Å². The van der Waals surface area contributed by atoms with Crippen molar-refractivity contribution < 1.29 is 14.8 Å². The SMILES string of the molecule is O=C(NCC(O)Cc1ccccc1)c1ccccc1[N+](=O)[O-]. The number of carbonyl (C=O) groups excluding carboxylic acids is 1. The molecule has 2 aromatic rings. The third-order valence-corrected chi connectivity index (χ3v) is 3.16. The molecule has 0 aromatic heterocycles. The highest BCUT2D eigenvalue weighted by molar-refractivity contribution is 5.98. The monoisotopic (exact) mass is 300 g/mol. The molecule has 1 unspecified atom stereocenters. The minimum Gasteiger partial charge on any atom is -0.391 e. The molecule has 0 saturated heterocycles. The molecule has 1 atom stereocenters. The Morgan fingerprint density at radius 2 is 1.77 bits per heavy atom. The van der Waals surface area contributed by atoms with E-state index < -0.39 is 16.9 Å². The van der Waals surface area contributed by atoms with Gasteiger partial charge in [0.2, 0.25) is 0 Å². The molecule has 6 heteroatoms. The van der Waals surface area contributed by atoms with Gasteiger partial charge in [-0.25, -0.2) is 0 Å². The first-order chi connectivity index (χ1) is 10.6.